The maximum Gasteiger partial charge on any atom is 0.319 e. The Hall–Kier alpha value is -3.23. The third kappa shape index (κ3) is 4.30. The van der Waals surface area contributed by atoms with Crippen molar-refractivity contribution < 1.29 is 19.5 Å². The van der Waals surface area contributed by atoms with Gasteiger partial charge in [-0.2, -0.15) is 0 Å². The van der Waals surface area contributed by atoms with Crippen LogP contribution in [0, 0.1) is 0 Å². The third-order valence-corrected chi connectivity index (χ3v) is 5.71. The number of halogens is 2. The molecule has 1 atom stereocenters. The van der Waals surface area contributed by atoms with Crippen LogP contribution in [-0.2, 0) is 16.1 Å². The van der Waals surface area contributed by atoms with Crippen LogP contribution in [0.2, 0.25) is 10.0 Å². The predicted octanol–water partition coefficient (Wildman–Crippen LogP) is 3.95. The van der Waals surface area contributed by atoms with Gasteiger partial charge in [-0.25, -0.2) is 4.79 Å². The summed E-state index contributed by atoms with van der Waals surface area (Å²) in [7, 11) is 0. The number of amides is 4. The van der Waals surface area contributed by atoms with Crippen LogP contribution in [0.5, 0.6) is 5.88 Å². The summed E-state index contributed by atoms with van der Waals surface area (Å²) < 4.78 is 1.47. The average molecular weight is 461 g/mol. The van der Waals surface area contributed by atoms with Crippen LogP contribution in [-0.4, -0.2) is 27.5 Å². The summed E-state index contributed by atoms with van der Waals surface area (Å²) in [6.07, 6.45) is 2.19. The molecule has 160 valence electrons. The summed E-state index contributed by atoms with van der Waals surface area (Å²) >= 11 is 12.1. The van der Waals surface area contributed by atoms with Gasteiger partial charge in [-0.3, -0.25) is 14.9 Å². The van der Waals surface area contributed by atoms with Gasteiger partial charge in [0, 0.05) is 29.9 Å². The lowest BCUT2D eigenvalue weighted by molar-refractivity contribution is -0.135. The molecule has 3 aromatic rings. The first kappa shape index (κ1) is 21.0. The van der Waals surface area contributed by atoms with Crippen LogP contribution in [0.4, 0.5) is 10.5 Å². The third-order valence-electron chi connectivity index (χ3n) is 5.08. The topological polar surface area (TPSA) is 112 Å². The van der Waals surface area contributed by atoms with E-state index in [-0.39, 0.29) is 24.8 Å². The molecular weight excluding hydrogens is 443 g/mol. The number of nitrogens with zero attached hydrogens (tertiary/aromatic N) is 1. The van der Waals surface area contributed by atoms with Crippen molar-refractivity contribution in [3.05, 3.63) is 58.2 Å². The fourth-order valence-electron chi connectivity index (χ4n) is 3.53. The Labute approximate surface area is 187 Å². The monoisotopic (exact) mass is 460 g/mol. The van der Waals surface area contributed by atoms with Crippen molar-refractivity contribution in [1.29, 1.82) is 0 Å². The van der Waals surface area contributed by atoms with E-state index in [0.717, 1.165) is 5.56 Å². The van der Waals surface area contributed by atoms with Crippen LogP contribution in [0.15, 0.2) is 42.6 Å². The van der Waals surface area contributed by atoms with E-state index in [1.165, 1.54) is 4.57 Å². The number of rotatable bonds is 4. The van der Waals surface area contributed by atoms with Crippen molar-refractivity contribution in [2.24, 2.45) is 0 Å². The Balaban J connectivity index is 1.47. The Morgan fingerprint density at radius 3 is 2.65 bits per heavy atom. The lowest BCUT2D eigenvalue weighted by atomic mass is 10.1. The van der Waals surface area contributed by atoms with Crippen LogP contribution in [0.3, 0.4) is 0 Å². The molecule has 1 aliphatic rings. The number of para-hydroxylation sites is 1. The van der Waals surface area contributed by atoms with Gasteiger partial charge < -0.3 is 20.3 Å². The minimum atomic E-state index is -0.655. The number of carbonyl (C=O) groups is 3. The second-order valence-corrected chi connectivity index (χ2v) is 7.97. The predicted molar refractivity (Wildman–Crippen MR) is 117 cm³/mol. The molecule has 31 heavy (non-hydrogen) atoms. The number of imide groups is 1. The van der Waals surface area contributed by atoms with Crippen LogP contribution in [0.1, 0.15) is 24.4 Å². The zero-order valence-corrected chi connectivity index (χ0v) is 17.6. The summed E-state index contributed by atoms with van der Waals surface area (Å²) in [6.45, 7) is 0.216. The molecule has 1 unspecified atom stereocenters. The van der Waals surface area contributed by atoms with Crippen LogP contribution < -0.4 is 16.0 Å². The Kier molecular flexibility index (Phi) is 5.75. The fraction of sp³-hybridized carbons (Fsp3) is 0.190. The molecule has 2 aromatic carbocycles. The maximum absolute atomic E-state index is 12.2. The van der Waals surface area contributed by atoms with Gasteiger partial charge in [0.05, 0.1) is 15.7 Å². The molecule has 1 aromatic heterocycles. The number of hydrogen-bond donors (Lipinski definition) is 4. The first-order chi connectivity index (χ1) is 14.8. The van der Waals surface area contributed by atoms with E-state index in [1.807, 2.05) is 0 Å². The number of fused-ring (bicyclic) bond motifs is 1. The highest BCUT2D eigenvalue weighted by Crippen LogP contribution is 2.33. The Morgan fingerprint density at radius 2 is 1.94 bits per heavy atom. The SMILES string of the molecule is O=C1CCC(n2cc3cc(CNC(=O)Nc4c(Cl)cccc4Cl)ccc3c2O)C(=O)N1. The normalized spacial score (nSPS) is 16.3. The summed E-state index contributed by atoms with van der Waals surface area (Å²) in [5.41, 5.74) is 1.11. The van der Waals surface area contributed by atoms with E-state index in [9.17, 15) is 19.5 Å². The molecule has 1 fully saturated rings. The van der Waals surface area contributed by atoms with E-state index in [4.69, 9.17) is 23.2 Å². The number of aromatic hydroxyl groups is 1. The van der Waals surface area contributed by atoms with Gasteiger partial charge in [0.1, 0.15) is 6.04 Å². The molecule has 1 saturated heterocycles. The molecule has 0 bridgehead atoms. The van der Waals surface area contributed by atoms with E-state index in [0.29, 0.717) is 32.9 Å². The quantitative estimate of drug-likeness (QED) is 0.441. The fourth-order valence-corrected chi connectivity index (χ4v) is 4.02. The molecule has 2 heterocycles. The van der Waals surface area contributed by atoms with Crippen LogP contribution in [0.25, 0.3) is 10.8 Å². The molecule has 10 heteroatoms. The van der Waals surface area contributed by atoms with Crippen molar-refractivity contribution in [2.45, 2.75) is 25.4 Å². The molecule has 8 nitrogen and oxygen atoms in total. The molecule has 1 aliphatic heterocycles. The molecule has 0 aliphatic carbocycles. The largest absolute Gasteiger partial charge is 0.494 e. The van der Waals surface area contributed by atoms with Gasteiger partial charge in [0.25, 0.3) is 0 Å². The number of piperidine rings is 1. The highest BCUT2D eigenvalue weighted by molar-refractivity contribution is 6.39. The summed E-state index contributed by atoms with van der Waals surface area (Å²) in [5, 5.41) is 20.1. The molecule has 4 amide bonds. The van der Waals surface area contributed by atoms with Crippen LogP contribution >= 0.6 is 23.2 Å². The second kappa shape index (κ2) is 8.49. The number of nitrogens with one attached hydrogen (secondary N) is 3. The first-order valence-corrected chi connectivity index (χ1v) is 10.2. The number of urea groups is 1. The van der Waals surface area contributed by atoms with E-state index in [1.54, 1.807) is 42.6 Å². The van der Waals surface area contributed by atoms with E-state index < -0.39 is 18.0 Å². The first-order valence-electron chi connectivity index (χ1n) is 9.48. The number of benzene rings is 2. The molecular formula is C21H18Cl2N4O4. The summed E-state index contributed by atoms with van der Waals surface area (Å²) in [6, 6.07) is 9.08. The van der Waals surface area contributed by atoms with Crippen molar-refractivity contribution >= 4 is 57.5 Å². The molecule has 0 spiro atoms. The maximum atomic E-state index is 12.2. The summed E-state index contributed by atoms with van der Waals surface area (Å²) in [4.78, 5) is 35.7. The zero-order valence-electron chi connectivity index (χ0n) is 16.1. The molecule has 4 rings (SSSR count). The Morgan fingerprint density at radius 1 is 1.19 bits per heavy atom. The van der Waals surface area contributed by atoms with Crippen molar-refractivity contribution in [1.82, 2.24) is 15.2 Å². The van der Waals surface area contributed by atoms with Crippen molar-refractivity contribution in [3.63, 3.8) is 0 Å². The highest BCUT2D eigenvalue weighted by Gasteiger charge is 2.30. The number of aromatic nitrogens is 1. The number of hydrogen-bond acceptors (Lipinski definition) is 4. The molecule has 0 saturated carbocycles. The minimum absolute atomic E-state index is 0.0462. The van der Waals surface area contributed by atoms with E-state index in [2.05, 4.69) is 16.0 Å². The lowest BCUT2D eigenvalue weighted by Crippen LogP contribution is -2.41. The molecule has 4 N–H and O–H groups in total. The van der Waals surface area contributed by atoms with Gasteiger partial charge in [-0.05, 0) is 36.2 Å². The number of anilines is 1. The van der Waals surface area contributed by atoms with Crippen molar-refractivity contribution in [3.8, 4) is 5.88 Å². The highest BCUT2D eigenvalue weighted by atomic mass is 35.5. The standard InChI is InChI=1S/C21H18Cl2N4O4/c22-14-2-1-3-15(23)18(14)26-21(31)24-9-11-4-5-13-12(8-11)10-27(20(13)30)16-6-7-17(28)25-19(16)29/h1-5,8,10,16,30H,6-7,9H2,(H2,24,26,31)(H,25,28,29). The van der Waals surface area contributed by atoms with E-state index >= 15 is 0 Å². The summed E-state index contributed by atoms with van der Waals surface area (Å²) in [5.74, 6) is -0.805. The number of carbonyl (C=O) groups excluding carboxylic acids is 3. The van der Waals surface area contributed by atoms with Gasteiger partial charge in [0.15, 0.2) is 5.88 Å². The molecule has 0 radical (unpaired) electrons. The average Bonchev–Trinajstić information content (AvgIpc) is 3.05. The smallest absolute Gasteiger partial charge is 0.319 e. The van der Waals surface area contributed by atoms with Gasteiger partial charge in [-0.1, -0.05) is 35.3 Å². The Bertz CT molecular complexity index is 1190. The van der Waals surface area contributed by atoms with Gasteiger partial charge in [0.2, 0.25) is 11.8 Å². The minimum Gasteiger partial charge on any atom is -0.494 e. The van der Waals surface area contributed by atoms with Gasteiger partial charge in [-0.15, -0.1) is 0 Å². The van der Waals surface area contributed by atoms with Gasteiger partial charge >= 0.3 is 6.03 Å². The van der Waals surface area contributed by atoms with Crippen molar-refractivity contribution in [2.75, 3.05) is 5.32 Å². The zero-order chi connectivity index (χ0) is 22.1. The lowest BCUT2D eigenvalue weighted by Gasteiger charge is -2.22. The second-order valence-electron chi connectivity index (χ2n) is 7.15.